The van der Waals surface area contributed by atoms with Gasteiger partial charge in [-0.25, -0.2) is 9.37 Å². The predicted octanol–water partition coefficient (Wildman–Crippen LogP) is 3.05. The molecule has 7 nitrogen and oxygen atoms in total. The number of aliphatic hydroxyl groups is 1. The summed E-state index contributed by atoms with van der Waals surface area (Å²) in [4.78, 5) is 23.3. The van der Waals surface area contributed by atoms with Crippen LogP contribution in [0.2, 0.25) is 0 Å². The number of aromatic nitrogens is 2. The lowest BCUT2D eigenvalue weighted by Crippen LogP contribution is -2.55. The van der Waals surface area contributed by atoms with Crippen molar-refractivity contribution in [2.24, 2.45) is 11.7 Å². The monoisotopic (exact) mass is 441 g/mol. The molecular weight excluding hydrogens is 417 g/mol. The molecule has 3 unspecified atom stereocenters. The largest absolute Gasteiger partial charge is 0.391 e. The maximum atomic E-state index is 14.2. The van der Waals surface area contributed by atoms with Gasteiger partial charge in [-0.1, -0.05) is 18.6 Å². The molecule has 1 aromatic carbocycles. The lowest BCUT2D eigenvalue weighted by molar-refractivity contribution is 0.0785. The zero-order valence-corrected chi connectivity index (χ0v) is 18.1. The number of carbonyl (C=O) groups excluding carboxylic acids is 1. The second-order valence-electron chi connectivity index (χ2n) is 7.90. The molecule has 3 heterocycles. The number of piperidine rings is 1. The lowest BCUT2D eigenvalue weighted by atomic mass is 9.92. The Hall–Kier alpha value is -2.88. The van der Waals surface area contributed by atoms with Crippen LogP contribution < -0.4 is 16.0 Å². The molecule has 1 amide bonds. The fourth-order valence-corrected chi connectivity index (χ4v) is 4.58. The van der Waals surface area contributed by atoms with Crippen LogP contribution in [0.25, 0.3) is 10.6 Å². The van der Waals surface area contributed by atoms with Crippen LogP contribution in [0, 0.1) is 18.7 Å². The van der Waals surface area contributed by atoms with Crippen LogP contribution in [0.5, 0.6) is 0 Å². The number of pyridine rings is 1. The van der Waals surface area contributed by atoms with Gasteiger partial charge in [0, 0.05) is 42.2 Å². The summed E-state index contributed by atoms with van der Waals surface area (Å²) in [5.74, 6) is -0.788. The van der Waals surface area contributed by atoms with Crippen molar-refractivity contribution < 1.29 is 14.3 Å². The van der Waals surface area contributed by atoms with Crippen molar-refractivity contribution in [1.29, 1.82) is 0 Å². The van der Waals surface area contributed by atoms with Crippen LogP contribution >= 0.6 is 11.3 Å². The zero-order chi connectivity index (χ0) is 22.1. The van der Waals surface area contributed by atoms with Gasteiger partial charge in [-0.05, 0) is 25.1 Å². The first-order chi connectivity index (χ1) is 14.8. The summed E-state index contributed by atoms with van der Waals surface area (Å²) in [6.45, 7) is 4.89. The van der Waals surface area contributed by atoms with Crippen molar-refractivity contribution in [3.8, 4) is 10.6 Å². The Balaban J connectivity index is 1.55. The molecule has 0 aliphatic carbocycles. The molecule has 2 aromatic heterocycles. The predicted molar refractivity (Wildman–Crippen MR) is 120 cm³/mol. The van der Waals surface area contributed by atoms with Crippen molar-refractivity contribution in [3.63, 3.8) is 0 Å². The lowest BCUT2D eigenvalue weighted by Gasteiger charge is -2.40. The van der Waals surface area contributed by atoms with E-state index in [1.165, 1.54) is 17.4 Å². The summed E-state index contributed by atoms with van der Waals surface area (Å²) in [7, 11) is 0. The molecular formula is C22H24FN5O2S. The number of amides is 1. The van der Waals surface area contributed by atoms with E-state index >= 15 is 0 Å². The molecule has 9 heteroatoms. The number of anilines is 2. The number of carbonyl (C=O) groups is 1. The molecule has 1 saturated heterocycles. The molecule has 0 radical (unpaired) electrons. The standard InChI is InChI=1S/C22H24FN5O2S/c1-12-3-4-15(23)14(7-12)22-27-18(11-31-22)21(30)26-17-8-25-6-5-19(17)28-9-13(2)20(29)16(24)10-28/h3-8,11,13,16,20,29H,9-10,24H2,1-2H3,(H,26,30). The number of benzene rings is 1. The van der Waals surface area contributed by atoms with Gasteiger partial charge in [0.05, 0.1) is 23.7 Å². The summed E-state index contributed by atoms with van der Waals surface area (Å²) in [6.07, 6.45) is 2.65. The summed E-state index contributed by atoms with van der Waals surface area (Å²) < 4.78 is 14.2. The Bertz CT molecular complexity index is 1090. The van der Waals surface area contributed by atoms with Gasteiger partial charge in [0.25, 0.3) is 5.91 Å². The number of aryl methyl sites for hydroxylation is 1. The number of aliphatic hydroxyl groups excluding tert-OH is 1. The van der Waals surface area contributed by atoms with E-state index in [-0.39, 0.29) is 23.5 Å². The summed E-state index contributed by atoms with van der Waals surface area (Å²) in [5, 5.41) is 15.1. The number of nitrogens with zero attached hydrogens (tertiary/aromatic N) is 3. The van der Waals surface area contributed by atoms with Crippen LogP contribution in [-0.4, -0.2) is 46.2 Å². The van der Waals surface area contributed by atoms with E-state index in [2.05, 4.69) is 15.3 Å². The molecule has 3 aromatic rings. The number of thiazole rings is 1. The highest BCUT2D eigenvalue weighted by Crippen LogP contribution is 2.31. The minimum atomic E-state index is -0.563. The van der Waals surface area contributed by atoms with Crippen molar-refractivity contribution in [1.82, 2.24) is 9.97 Å². The molecule has 1 aliphatic rings. The van der Waals surface area contributed by atoms with Crippen LogP contribution in [0.15, 0.2) is 42.0 Å². The van der Waals surface area contributed by atoms with Gasteiger partial charge in [0.2, 0.25) is 0 Å². The number of nitrogens with one attached hydrogen (secondary N) is 1. The van der Waals surface area contributed by atoms with E-state index in [0.717, 1.165) is 11.3 Å². The fraction of sp³-hybridized carbons (Fsp3) is 0.318. The van der Waals surface area contributed by atoms with Crippen LogP contribution in [-0.2, 0) is 0 Å². The highest BCUT2D eigenvalue weighted by molar-refractivity contribution is 7.13. The minimum absolute atomic E-state index is 0.00853. The SMILES string of the molecule is Cc1ccc(F)c(-c2nc(C(=O)Nc3cnccc3N3CC(C)C(O)C(N)C3)cs2)c1. The quantitative estimate of drug-likeness (QED) is 0.575. The Labute approximate surface area is 183 Å². The Kier molecular flexibility index (Phi) is 5.99. The average Bonchev–Trinajstić information content (AvgIpc) is 3.24. The van der Waals surface area contributed by atoms with Crippen LogP contribution in [0.1, 0.15) is 23.0 Å². The second-order valence-corrected chi connectivity index (χ2v) is 8.76. The van der Waals surface area contributed by atoms with Gasteiger partial charge < -0.3 is 21.1 Å². The summed E-state index contributed by atoms with van der Waals surface area (Å²) in [5.41, 5.74) is 8.88. The number of nitrogens with two attached hydrogens (primary N) is 1. The van der Waals surface area contributed by atoms with Gasteiger partial charge in [0.1, 0.15) is 16.5 Å². The summed E-state index contributed by atoms with van der Waals surface area (Å²) in [6, 6.07) is 6.22. The van der Waals surface area contributed by atoms with E-state index < -0.39 is 12.0 Å². The van der Waals surface area contributed by atoms with Gasteiger partial charge in [-0.15, -0.1) is 11.3 Å². The van der Waals surface area contributed by atoms with Crippen molar-refractivity contribution >= 4 is 28.6 Å². The first kappa shape index (κ1) is 21.4. The van der Waals surface area contributed by atoms with Gasteiger partial charge in [-0.3, -0.25) is 9.78 Å². The first-order valence-corrected chi connectivity index (χ1v) is 10.9. The van der Waals surface area contributed by atoms with Gasteiger partial charge >= 0.3 is 0 Å². The minimum Gasteiger partial charge on any atom is -0.391 e. The van der Waals surface area contributed by atoms with E-state index in [1.807, 2.05) is 18.7 Å². The van der Waals surface area contributed by atoms with E-state index in [1.54, 1.807) is 36.0 Å². The van der Waals surface area contributed by atoms with Crippen molar-refractivity contribution in [2.45, 2.75) is 26.0 Å². The second kappa shape index (κ2) is 8.70. The van der Waals surface area contributed by atoms with Crippen LogP contribution in [0.4, 0.5) is 15.8 Å². The van der Waals surface area contributed by atoms with E-state index in [0.29, 0.717) is 29.3 Å². The number of hydrogen-bond donors (Lipinski definition) is 3. The maximum Gasteiger partial charge on any atom is 0.275 e. The molecule has 1 fully saturated rings. The average molecular weight is 442 g/mol. The van der Waals surface area contributed by atoms with Crippen molar-refractivity contribution in [2.75, 3.05) is 23.3 Å². The highest BCUT2D eigenvalue weighted by atomic mass is 32.1. The molecule has 1 aliphatic heterocycles. The number of rotatable bonds is 4. The molecule has 31 heavy (non-hydrogen) atoms. The third-order valence-electron chi connectivity index (χ3n) is 5.44. The molecule has 4 N–H and O–H groups in total. The maximum absolute atomic E-state index is 14.2. The number of hydrogen-bond acceptors (Lipinski definition) is 7. The Morgan fingerprint density at radius 3 is 2.94 bits per heavy atom. The van der Waals surface area contributed by atoms with Gasteiger partial charge in [-0.2, -0.15) is 0 Å². The normalized spacial score (nSPS) is 21.2. The van der Waals surface area contributed by atoms with E-state index in [4.69, 9.17) is 5.73 Å². The fourth-order valence-electron chi connectivity index (χ4n) is 3.76. The molecule has 3 atom stereocenters. The summed E-state index contributed by atoms with van der Waals surface area (Å²) >= 11 is 1.22. The molecule has 0 bridgehead atoms. The third-order valence-corrected chi connectivity index (χ3v) is 6.31. The molecule has 162 valence electrons. The van der Waals surface area contributed by atoms with Crippen molar-refractivity contribution in [3.05, 3.63) is 59.1 Å². The highest BCUT2D eigenvalue weighted by Gasteiger charge is 2.32. The third kappa shape index (κ3) is 4.43. The Morgan fingerprint density at radius 1 is 1.35 bits per heavy atom. The topological polar surface area (TPSA) is 104 Å². The smallest absolute Gasteiger partial charge is 0.275 e. The van der Waals surface area contributed by atoms with Crippen LogP contribution in [0.3, 0.4) is 0 Å². The first-order valence-electron chi connectivity index (χ1n) is 9.99. The molecule has 4 rings (SSSR count). The Morgan fingerprint density at radius 2 is 2.16 bits per heavy atom. The molecule has 0 spiro atoms. The number of halogens is 1. The van der Waals surface area contributed by atoms with E-state index in [9.17, 15) is 14.3 Å². The van der Waals surface area contributed by atoms with Gasteiger partial charge in [0.15, 0.2) is 0 Å². The zero-order valence-electron chi connectivity index (χ0n) is 17.2. The molecule has 0 saturated carbocycles.